The molecule has 1 heteroatoms. The van der Waals surface area contributed by atoms with Crippen LogP contribution in [0.4, 0.5) is 0 Å². The summed E-state index contributed by atoms with van der Waals surface area (Å²) in [4.78, 5) is 0. The Bertz CT molecular complexity index is 203. The summed E-state index contributed by atoms with van der Waals surface area (Å²) in [5.41, 5.74) is 1.61. The zero-order chi connectivity index (χ0) is 8.48. The smallest absolute Gasteiger partial charge is 0.0937 e. The van der Waals surface area contributed by atoms with Crippen molar-refractivity contribution in [3.8, 4) is 0 Å². The Morgan fingerprint density at radius 1 is 1.36 bits per heavy atom. The normalized spacial score (nSPS) is 14.9. The molecule has 1 aromatic rings. The lowest BCUT2D eigenvalue weighted by Gasteiger charge is -2.25. The summed E-state index contributed by atoms with van der Waals surface area (Å²) in [6.07, 6.45) is 3.56. The molecule has 11 heavy (non-hydrogen) atoms. The first-order valence-corrected chi connectivity index (χ1v) is 4.04. The molecule has 1 heterocycles. The van der Waals surface area contributed by atoms with Crippen LogP contribution in [-0.4, -0.2) is 0 Å². The van der Waals surface area contributed by atoms with Gasteiger partial charge in [-0.15, -0.1) is 0 Å². The van der Waals surface area contributed by atoms with Gasteiger partial charge in [-0.3, -0.25) is 0 Å². The van der Waals surface area contributed by atoms with Gasteiger partial charge in [0, 0.05) is 0 Å². The Kier molecular flexibility index (Phi) is 2.08. The van der Waals surface area contributed by atoms with Crippen molar-refractivity contribution in [3.05, 3.63) is 24.2 Å². The predicted octanol–water partition coefficient (Wildman–Crippen LogP) is 3.43. The fourth-order valence-corrected chi connectivity index (χ4v) is 1.02. The highest BCUT2D eigenvalue weighted by atomic mass is 16.3. The van der Waals surface area contributed by atoms with E-state index in [1.54, 1.807) is 6.26 Å². The van der Waals surface area contributed by atoms with Gasteiger partial charge in [-0.05, 0) is 23.0 Å². The van der Waals surface area contributed by atoms with Gasteiger partial charge in [-0.25, -0.2) is 0 Å². The van der Waals surface area contributed by atoms with Crippen molar-refractivity contribution < 1.29 is 4.42 Å². The number of hydrogen-bond acceptors (Lipinski definition) is 1. The quantitative estimate of drug-likeness (QED) is 0.601. The molecule has 0 aromatic carbocycles. The maximum atomic E-state index is 5.03. The van der Waals surface area contributed by atoms with E-state index >= 15 is 0 Å². The average Bonchev–Trinajstić information content (AvgIpc) is 2.34. The Morgan fingerprint density at radius 3 is 2.36 bits per heavy atom. The topological polar surface area (TPSA) is 13.1 Å². The predicted molar refractivity (Wildman–Crippen MR) is 46.6 cm³/mol. The molecule has 0 aliphatic rings. The van der Waals surface area contributed by atoms with E-state index in [1.165, 1.54) is 5.56 Å². The zero-order valence-electron chi connectivity index (χ0n) is 7.72. The molecule has 1 atom stereocenters. The van der Waals surface area contributed by atoms with Crippen molar-refractivity contribution in [3.63, 3.8) is 0 Å². The highest BCUT2D eigenvalue weighted by Gasteiger charge is 2.21. The lowest BCUT2D eigenvalue weighted by molar-refractivity contribution is 0.337. The Balaban J connectivity index is 2.78. The molecule has 0 spiro atoms. The molecule has 0 radical (unpaired) electrons. The molecule has 1 nitrogen and oxygen atoms in total. The van der Waals surface area contributed by atoms with E-state index in [0.29, 0.717) is 11.3 Å². The molecule has 0 bridgehead atoms. The molecule has 0 amide bonds. The maximum Gasteiger partial charge on any atom is 0.0937 e. The SMILES string of the molecule is CC(c1ccoc1)C(C)(C)C. The van der Waals surface area contributed by atoms with Crippen LogP contribution in [0.2, 0.25) is 0 Å². The van der Waals surface area contributed by atoms with E-state index in [4.69, 9.17) is 4.42 Å². The zero-order valence-corrected chi connectivity index (χ0v) is 7.72. The number of hydrogen-bond donors (Lipinski definition) is 0. The lowest BCUT2D eigenvalue weighted by Crippen LogP contribution is -2.14. The van der Waals surface area contributed by atoms with Crippen LogP contribution in [0.15, 0.2) is 23.0 Å². The summed E-state index contributed by atoms with van der Waals surface area (Å²) in [6, 6.07) is 2.04. The van der Waals surface area contributed by atoms with Gasteiger partial charge < -0.3 is 4.42 Å². The second-order valence-corrected chi connectivity index (χ2v) is 4.14. The van der Waals surface area contributed by atoms with Crippen LogP contribution in [0.3, 0.4) is 0 Å². The van der Waals surface area contributed by atoms with Gasteiger partial charge in [0.15, 0.2) is 0 Å². The molecule has 0 saturated carbocycles. The van der Waals surface area contributed by atoms with E-state index < -0.39 is 0 Å². The Labute approximate surface area is 68.4 Å². The molecular weight excluding hydrogens is 136 g/mol. The van der Waals surface area contributed by atoms with Gasteiger partial charge in [-0.2, -0.15) is 0 Å². The van der Waals surface area contributed by atoms with Crippen molar-refractivity contribution in [1.82, 2.24) is 0 Å². The van der Waals surface area contributed by atoms with E-state index in [0.717, 1.165) is 0 Å². The van der Waals surface area contributed by atoms with Crippen LogP contribution in [0.5, 0.6) is 0 Å². The second-order valence-electron chi connectivity index (χ2n) is 4.14. The highest BCUT2D eigenvalue weighted by Crippen LogP contribution is 2.34. The van der Waals surface area contributed by atoms with Crippen LogP contribution in [0.25, 0.3) is 0 Å². The van der Waals surface area contributed by atoms with Crippen molar-refractivity contribution in [1.29, 1.82) is 0 Å². The molecule has 62 valence electrons. The summed E-state index contributed by atoms with van der Waals surface area (Å²) in [5.74, 6) is 0.557. The minimum absolute atomic E-state index is 0.323. The summed E-state index contributed by atoms with van der Waals surface area (Å²) in [7, 11) is 0. The van der Waals surface area contributed by atoms with Gasteiger partial charge in [0.1, 0.15) is 0 Å². The molecule has 0 saturated heterocycles. The standard InChI is InChI=1S/C10H16O/c1-8(10(2,3)4)9-5-6-11-7-9/h5-8H,1-4H3. The fraction of sp³-hybridized carbons (Fsp3) is 0.600. The second kappa shape index (κ2) is 2.72. The van der Waals surface area contributed by atoms with Crippen LogP contribution < -0.4 is 0 Å². The molecular formula is C10H16O. The average molecular weight is 152 g/mol. The Morgan fingerprint density at radius 2 is 2.00 bits per heavy atom. The number of rotatable bonds is 1. The number of furan rings is 1. The van der Waals surface area contributed by atoms with Gasteiger partial charge in [0.25, 0.3) is 0 Å². The summed E-state index contributed by atoms with van der Waals surface area (Å²) < 4.78 is 5.03. The third-order valence-corrected chi connectivity index (χ3v) is 2.34. The van der Waals surface area contributed by atoms with Gasteiger partial charge in [0.05, 0.1) is 12.5 Å². The molecule has 0 N–H and O–H groups in total. The van der Waals surface area contributed by atoms with Crippen molar-refractivity contribution in [2.24, 2.45) is 5.41 Å². The van der Waals surface area contributed by atoms with E-state index in [-0.39, 0.29) is 0 Å². The molecule has 1 unspecified atom stereocenters. The van der Waals surface area contributed by atoms with Crippen molar-refractivity contribution in [2.75, 3.05) is 0 Å². The molecule has 0 aliphatic heterocycles. The first kappa shape index (κ1) is 8.38. The first-order valence-electron chi connectivity index (χ1n) is 4.04. The molecule has 0 aliphatic carbocycles. The minimum Gasteiger partial charge on any atom is -0.472 e. The van der Waals surface area contributed by atoms with Crippen LogP contribution in [-0.2, 0) is 0 Å². The van der Waals surface area contributed by atoms with E-state index in [9.17, 15) is 0 Å². The van der Waals surface area contributed by atoms with Gasteiger partial charge in [-0.1, -0.05) is 27.7 Å². The first-order chi connectivity index (χ1) is 5.02. The van der Waals surface area contributed by atoms with Gasteiger partial charge in [0.2, 0.25) is 0 Å². The van der Waals surface area contributed by atoms with Crippen molar-refractivity contribution in [2.45, 2.75) is 33.6 Å². The largest absolute Gasteiger partial charge is 0.472 e. The molecule has 1 aromatic heterocycles. The lowest BCUT2D eigenvalue weighted by atomic mass is 9.79. The summed E-state index contributed by atoms with van der Waals surface area (Å²) in [6.45, 7) is 8.95. The summed E-state index contributed by atoms with van der Waals surface area (Å²) >= 11 is 0. The van der Waals surface area contributed by atoms with Crippen LogP contribution >= 0.6 is 0 Å². The fourth-order valence-electron chi connectivity index (χ4n) is 1.02. The maximum absolute atomic E-state index is 5.03. The molecule has 1 rings (SSSR count). The van der Waals surface area contributed by atoms with Gasteiger partial charge >= 0.3 is 0 Å². The minimum atomic E-state index is 0.323. The monoisotopic (exact) mass is 152 g/mol. The molecule has 0 fully saturated rings. The third-order valence-electron chi connectivity index (χ3n) is 2.34. The third kappa shape index (κ3) is 1.86. The highest BCUT2D eigenvalue weighted by molar-refractivity contribution is 5.13. The Hall–Kier alpha value is -0.720. The summed E-state index contributed by atoms with van der Waals surface area (Å²) in [5, 5.41) is 0. The van der Waals surface area contributed by atoms with E-state index in [1.807, 2.05) is 12.3 Å². The van der Waals surface area contributed by atoms with Crippen molar-refractivity contribution >= 4 is 0 Å². The van der Waals surface area contributed by atoms with Crippen LogP contribution in [0, 0.1) is 5.41 Å². The van der Waals surface area contributed by atoms with E-state index in [2.05, 4.69) is 27.7 Å². The van der Waals surface area contributed by atoms with Crippen LogP contribution in [0.1, 0.15) is 39.2 Å².